The predicted molar refractivity (Wildman–Crippen MR) is 92.9 cm³/mol. The summed E-state index contributed by atoms with van der Waals surface area (Å²) in [7, 11) is 0. The second-order valence-corrected chi connectivity index (χ2v) is 7.94. The van der Waals surface area contributed by atoms with Gasteiger partial charge in [-0.15, -0.1) is 0 Å². The van der Waals surface area contributed by atoms with E-state index in [2.05, 4.69) is 27.0 Å². The average molecular weight is 350 g/mol. The second kappa shape index (κ2) is 7.52. The molecule has 4 heterocycles. The van der Waals surface area contributed by atoms with Crippen molar-refractivity contribution in [2.45, 2.75) is 38.0 Å². The molecule has 0 spiro atoms. The molecule has 3 saturated heterocycles. The van der Waals surface area contributed by atoms with Crippen LogP contribution in [-0.4, -0.2) is 55.9 Å². The SMILES string of the molecule is O=C(NCC1CCOCC1)[C@H]1CN(Cc2ccsc2)[C@@H]2CCO[C@H]12. The summed E-state index contributed by atoms with van der Waals surface area (Å²) in [6.45, 7) is 4.95. The van der Waals surface area contributed by atoms with Gasteiger partial charge in [0.15, 0.2) is 0 Å². The monoisotopic (exact) mass is 350 g/mol. The number of carbonyl (C=O) groups excluding carboxylic acids is 1. The molecule has 3 fully saturated rings. The third-order valence-corrected chi connectivity index (χ3v) is 6.34. The second-order valence-electron chi connectivity index (χ2n) is 7.16. The summed E-state index contributed by atoms with van der Waals surface area (Å²) in [5.41, 5.74) is 1.34. The van der Waals surface area contributed by atoms with Crippen molar-refractivity contribution in [3.63, 3.8) is 0 Å². The van der Waals surface area contributed by atoms with Crippen molar-refractivity contribution in [3.8, 4) is 0 Å². The summed E-state index contributed by atoms with van der Waals surface area (Å²) < 4.78 is 11.3. The average Bonchev–Trinajstić information content (AvgIpc) is 3.33. The van der Waals surface area contributed by atoms with Crippen molar-refractivity contribution < 1.29 is 14.3 Å². The van der Waals surface area contributed by atoms with Crippen molar-refractivity contribution in [2.75, 3.05) is 32.9 Å². The minimum Gasteiger partial charge on any atom is -0.381 e. The van der Waals surface area contributed by atoms with E-state index in [1.54, 1.807) is 11.3 Å². The number of hydrogen-bond donors (Lipinski definition) is 1. The fraction of sp³-hybridized carbons (Fsp3) is 0.722. The molecule has 1 amide bonds. The van der Waals surface area contributed by atoms with Gasteiger partial charge < -0.3 is 14.8 Å². The molecule has 0 unspecified atom stereocenters. The fourth-order valence-electron chi connectivity index (χ4n) is 4.22. The predicted octanol–water partition coefficient (Wildman–Crippen LogP) is 1.88. The molecular formula is C18H26N2O3S. The van der Waals surface area contributed by atoms with E-state index >= 15 is 0 Å². The molecule has 0 aromatic carbocycles. The molecule has 4 rings (SSSR count). The summed E-state index contributed by atoms with van der Waals surface area (Å²) in [5, 5.41) is 7.50. The lowest BCUT2D eigenvalue weighted by Gasteiger charge is -2.23. The van der Waals surface area contributed by atoms with E-state index in [0.29, 0.717) is 12.0 Å². The van der Waals surface area contributed by atoms with Crippen LogP contribution in [0.15, 0.2) is 16.8 Å². The molecular weight excluding hydrogens is 324 g/mol. The molecule has 3 aliphatic rings. The lowest BCUT2D eigenvalue weighted by molar-refractivity contribution is -0.128. The minimum atomic E-state index is -0.0315. The normalized spacial score (nSPS) is 31.2. The van der Waals surface area contributed by atoms with Gasteiger partial charge in [-0.25, -0.2) is 0 Å². The van der Waals surface area contributed by atoms with Gasteiger partial charge in [0.25, 0.3) is 0 Å². The van der Waals surface area contributed by atoms with Crippen LogP contribution in [0.5, 0.6) is 0 Å². The molecule has 0 aliphatic carbocycles. The van der Waals surface area contributed by atoms with E-state index in [1.807, 2.05) is 0 Å². The van der Waals surface area contributed by atoms with Gasteiger partial charge in [-0.1, -0.05) is 0 Å². The number of nitrogens with one attached hydrogen (secondary N) is 1. The Hall–Kier alpha value is -0.950. The number of nitrogens with zero attached hydrogens (tertiary/aromatic N) is 1. The third kappa shape index (κ3) is 3.52. The van der Waals surface area contributed by atoms with E-state index < -0.39 is 0 Å². The van der Waals surface area contributed by atoms with Gasteiger partial charge in [-0.2, -0.15) is 11.3 Å². The molecule has 6 heteroatoms. The highest BCUT2D eigenvalue weighted by atomic mass is 32.1. The zero-order valence-electron chi connectivity index (χ0n) is 14.0. The number of ether oxygens (including phenoxy) is 2. The first-order chi connectivity index (χ1) is 11.8. The highest BCUT2D eigenvalue weighted by molar-refractivity contribution is 7.07. The van der Waals surface area contributed by atoms with Crippen molar-refractivity contribution in [3.05, 3.63) is 22.4 Å². The van der Waals surface area contributed by atoms with Gasteiger partial charge in [-0.05, 0) is 47.6 Å². The fourth-order valence-corrected chi connectivity index (χ4v) is 4.88. The smallest absolute Gasteiger partial charge is 0.227 e. The van der Waals surface area contributed by atoms with Crippen molar-refractivity contribution in [1.82, 2.24) is 10.2 Å². The Morgan fingerprint density at radius 3 is 2.96 bits per heavy atom. The van der Waals surface area contributed by atoms with E-state index in [0.717, 1.165) is 58.7 Å². The van der Waals surface area contributed by atoms with Crippen LogP contribution < -0.4 is 5.32 Å². The van der Waals surface area contributed by atoms with Crippen LogP contribution in [0.2, 0.25) is 0 Å². The number of rotatable bonds is 5. The van der Waals surface area contributed by atoms with Crippen LogP contribution in [0.1, 0.15) is 24.8 Å². The maximum absolute atomic E-state index is 12.7. The lowest BCUT2D eigenvalue weighted by Crippen LogP contribution is -2.40. The highest BCUT2D eigenvalue weighted by Gasteiger charge is 2.48. The molecule has 0 bridgehead atoms. The third-order valence-electron chi connectivity index (χ3n) is 5.61. The van der Waals surface area contributed by atoms with Crippen LogP contribution in [-0.2, 0) is 20.8 Å². The Kier molecular flexibility index (Phi) is 5.17. The number of likely N-dealkylation sites (tertiary alicyclic amines) is 1. The molecule has 0 radical (unpaired) electrons. The number of amides is 1. The zero-order valence-corrected chi connectivity index (χ0v) is 14.8. The Labute approximate surface area is 147 Å². The highest BCUT2D eigenvalue weighted by Crippen LogP contribution is 2.34. The van der Waals surface area contributed by atoms with Gasteiger partial charge in [0.2, 0.25) is 5.91 Å². The Morgan fingerprint density at radius 2 is 2.17 bits per heavy atom. The quantitative estimate of drug-likeness (QED) is 0.881. The van der Waals surface area contributed by atoms with Crippen molar-refractivity contribution in [2.24, 2.45) is 11.8 Å². The van der Waals surface area contributed by atoms with Crippen LogP contribution in [0.4, 0.5) is 0 Å². The largest absolute Gasteiger partial charge is 0.381 e. The first kappa shape index (κ1) is 16.5. The molecule has 24 heavy (non-hydrogen) atoms. The molecule has 1 N–H and O–H groups in total. The van der Waals surface area contributed by atoms with E-state index in [-0.39, 0.29) is 17.9 Å². The van der Waals surface area contributed by atoms with Gasteiger partial charge in [-0.3, -0.25) is 9.69 Å². The topological polar surface area (TPSA) is 50.8 Å². The summed E-state index contributed by atoms with van der Waals surface area (Å²) in [6.07, 6.45) is 3.21. The van der Waals surface area contributed by atoms with E-state index in [9.17, 15) is 4.79 Å². The van der Waals surface area contributed by atoms with Crippen molar-refractivity contribution >= 4 is 17.2 Å². The number of fused-ring (bicyclic) bond motifs is 1. The van der Waals surface area contributed by atoms with Gasteiger partial charge in [0.05, 0.1) is 12.0 Å². The van der Waals surface area contributed by atoms with E-state index in [1.165, 1.54) is 5.56 Å². The number of carbonyl (C=O) groups is 1. The molecule has 1 aromatic rings. The summed E-state index contributed by atoms with van der Waals surface area (Å²) in [5.74, 6) is 0.702. The van der Waals surface area contributed by atoms with Crippen LogP contribution in [0.3, 0.4) is 0 Å². The molecule has 132 valence electrons. The van der Waals surface area contributed by atoms with Gasteiger partial charge in [0.1, 0.15) is 0 Å². The van der Waals surface area contributed by atoms with Crippen molar-refractivity contribution in [1.29, 1.82) is 0 Å². The standard InChI is InChI=1S/C18H26N2O3S/c21-18(19-9-13-1-5-22-6-2-13)15-11-20(10-14-4-8-24-12-14)16-3-7-23-17(15)16/h4,8,12-13,15-17H,1-3,5-7,9-11H2,(H,19,21)/t15-,16+,17+/m0/s1. The van der Waals surface area contributed by atoms with Crippen LogP contribution in [0.25, 0.3) is 0 Å². The molecule has 5 nitrogen and oxygen atoms in total. The van der Waals surface area contributed by atoms with E-state index in [4.69, 9.17) is 9.47 Å². The lowest BCUT2D eigenvalue weighted by atomic mass is 9.98. The minimum absolute atomic E-state index is 0.0315. The first-order valence-electron chi connectivity index (χ1n) is 9.03. The van der Waals surface area contributed by atoms with Gasteiger partial charge in [0, 0.05) is 45.5 Å². The first-order valence-corrected chi connectivity index (χ1v) is 9.98. The van der Waals surface area contributed by atoms with Crippen LogP contribution >= 0.6 is 11.3 Å². The Bertz CT molecular complexity index is 544. The molecule has 3 atom stereocenters. The zero-order chi connectivity index (χ0) is 16.4. The summed E-state index contributed by atoms with van der Waals surface area (Å²) >= 11 is 1.73. The molecule has 3 aliphatic heterocycles. The maximum Gasteiger partial charge on any atom is 0.227 e. The molecule has 1 aromatic heterocycles. The molecule has 0 saturated carbocycles. The summed E-state index contributed by atoms with van der Waals surface area (Å²) in [6, 6.07) is 2.57. The number of hydrogen-bond acceptors (Lipinski definition) is 5. The Balaban J connectivity index is 1.34. The maximum atomic E-state index is 12.7. The number of thiophene rings is 1. The van der Waals surface area contributed by atoms with Gasteiger partial charge >= 0.3 is 0 Å². The van der Waals surface area contributed by atoms with Crippen LogP contribution in [0, 0.1) is 11.8 Å². The summed E-state index contributed by atoms with van der Waals surface area (Å²) in [4.78, 5) is 15.2. The Morgan fingerprint density at radius 1 is 1.29 bits per heavy atom.